The first-order valence-corrected chi connectivity index (χ1v) is 6.56. The van der Waals surface area contributed by atoms with Crippen molar-refractivity contribution in [2.45, 2.75) is 26.9 Å². The van der Waals surface area contributed by atoms with Gasteiger partial charge < -0.3 is 10.4 Å². The van der Waals surface area contributed by atoms with Gasteiger partial charge in [-0.15, -0.1) is 0 Å². The molecular formula is C15H17N3O3. The number of nitro groups is 1. The van der Waals surface area contributed by atoms with Crippen LogP contribution in [0.3, 0.4) is 0 Å². The molecule has 0 aliphatic heterocycles. The second-order valence-electron chi connectivity index (χ2n) is 4.96. The average molecular weight is 287 g/mol. The minimum absolute atomic E-state index is 0.0276. The van der Waals surface area contributed by atoms with Crippen LogP contribution in [0.1, 0.15) is 29.8 Å². The van der Waals surface area contributed by atoms with Gasteiger partial charge >= 0.3 is 5.69 Å². The van der Waals surface area contributed by atoms with Gasteiger partial charge in [0.05, 0.1) is 11.0 Å². The van der Waals surface area contributed by atoms with E-state index >= 15 is 0 Å². The Morgan fingerprint density at radius 2 is 1.90 bits per heavy atom. The Hall–Kier alpha value is -2.47. The molecule has 2 aromatic rings. The molecule has 1 atom stereocenters. The molecule has 6 heteroatoms. The van der Waals surface area contributed by atoms with E-state index in [-0.39, 0.29) is 11.5 Å². The maximum atomic E-state index is 11.2. The lowest BCUT2D eigenvalue weighted by Crippen LogP contribution is -2.03. The summed E-state index contributed by atoms with van der Waals surface area (Å²) in [6.45, 7) is 5.16. The Kier molecular flexibility index (Phi) is 4.18. The van der Waals surface area contributed by atoms with Gasteiger partial charge in [0.2, 0.25) is 5.82 Å². The van der Waals surface area contributed by atoms with Gasteiger partial charge in [0.1, 0.15) is 0 Å². The third-order valence-corrected chi connectivity index (χ3v) is 3.15. The number of rotatable bonds is 4. The summed E-state index contributed by atoms with van der Waals surface area (Å²) in [6, 6.07) is 8.72. The van der Waals surface area contributed by atoms with Crippen molar-refractivity contribution in [2.24, 2.45) is 0 Å². The smallest absolute Gasteiger partial charge is 0.314 e. The van der Waals surface area contributed by atoms with Crippen LogP contribution in [0, 0.1) is 24.0 Å². The molecule has 1 aromatic carbocycles. The van der Waals surface area contributed by atoms with Crippen molar-refractivity contribution in [1.82, 2.24) is 4.98 Å². The van der Waals surface area contributed by atoms with Crippen LogP contribution in [0.4, 0.5) is 17.2 Å². The SMILES string of the molecule is Cc1cc(C)c([N+](=O)[O-])c(Nc2ccc(C(C)O)cc2)n1. The number of pyridine rings is 1. The van der Waals surface area contributed by atoms with Crippen LogP contribution in [0.5, 0.6) is 0 Å². The lowest BCUT2D eigenvalue weighted by Gasteiger charge is -2.10. The van der Waals surface area contributed by atoms with Gasteiger partial charge in [0, 0.05) is 16.9 Å². The maximum Gasteiger partial charge on any atom is 0.314 e. The van der Waals surface area contributed by atoms with Gasteiger partial charge in [-0.2, -0.15) is 0 Å². The molecule has 0 fully saturated rings. The number of anilines is 2. The number of nitrogens with one attached hydrogen (secondary N) is 1. The molecule has 0 radical (unpaired) electrons. The van der Waals surface area contributed by atoms with E-state index < -0.39 is 11.0 Å². The van der Waals surface area contributed by atoms with Crippen LogP contribution in [0.25, 0.3) is 0 Å². The summed E-state index contributed by atoms with van der Waals surface area (Å²) in [5, 5.41) is 23.6. The van der Waals surface area contributed by atoms with E-state index in [9.17, 15) is 15.2 Å². The van der Waals surface area contributed by atoms with Crippen molar-refractivity contribution >= 4 is 17.2 Å². The summed E-state index contributed by atoms with van der Waals surface area (Å²) in [5.74, 6) is 0.224. The van der Waals surface area contributed by atoms with Crippen molar-refractivity contribution in [3.63, 3.8) is 0 Å². The van der Waals surface area contributed by atoms with Crippen LogP contribution in [-0.2, 0) is 0 Å². The number of aryl methyl sites for hydroxylation is 2. The fourth-order valence-electron chi connectivity index (χ4n) is 2.13. The molecule has 2 N–H and O–H groups in total. The number of hydrogen-bond acceptors (Lipinski definition) is 5. The molecule has 0 bridgehead atoms. The Balaban J connectivity index is 2.37. The van der Waals surface area contributed by atoms with Gasteiger partial charge in [-0.3, -0.25) is 10.1 Å². The van der Waals surface area contributed by atoms with E-state index in [0.717, 1.165) is 5.56 Å². The minimum Gasteiger partial charge on any atom is -0.389 e. The van der Waals surface area contributed by atoms with Crippen molar-refractivity contribution < 1.29 is 10.0 Å². The zero-order valence-corrected chi connectivity index (χ0v) is 12.1. The Morgan fingerprint density at radius 3 is 2.43 bits per heavy atom. The first-order chi connectivity index (χ1) is 9.88. The first kappa shape index (κ1) is 14.9. The molecule has 1 aromatic heterocycles. The predicted octanol–water partition coefficient (Wildman–Crippen LogP) is 3.40. The maximum absolute atomic E-state index is 11.2. The van der Waals surface area contributed by atoms with Crippen LogP contribution >= 0.6 is 0 Å². The molecule has 0 aliphatic carbocycles. The third kappa shape index (κ3) is 3.35. The molecular weight excluding hydrogens is 270 g/mol. The molecule has 1 heterocycles. The van der Waals surface area contributed by atoms with E-state index in [0.29, 0.717) is 16.9 Å². The minimum atomic E-state index is -0.548. The number of nitrogens with zero attached hydrogens (tertiary/aromatic N) is 2. The van der Waals surface area contributed by atoms with Crippen molar-refractivity contribution in [3.05, 3.63) is 57.3 Å². The number of aliphatic hydroxyl groups excluding tert-OH is 1. The molecule has 0 aliphatic rings. The average Bonchev–Trinajstić information content (AvgIpc) is 2.37. The van der Waals surface area contributed by atoms with Crippen molar-refractivity contribution in [1.29, 1.82) is 0 Å². The number of hydrogen-bond donors (Lipinski definition) is 2. The van der Waals surface area contributed by atoms with E-state index in [1.807, 2.05) is 0 Å². The van der Waals surface area contributed by atoms with Crippen LogP contribution in [0.15, 0.2) is 30.3 Å². The van der Waals surface area contributed by atoms with Gasteiger partial charge in [0.15, 0.2) is 0 Å². The predicted molar refractivity (Wildman–Crippen MR) is 80.7 cm³/mol. The van der Waals surface area contributed by atoms with Crippen LogP contribution < -0.4 is 5.32 Å². The van der Waals surface area contributed by atoms with Crippen LogP contribution in [0.2, 0.25) is 0 Å². The normalized spacial score (nSPS) is 12.0. The highest BCUT2D eigenvalue weighted by atomic mass is 16.6. The third-order valence-electron chi connectivity index (χ3n) is 3.15. The number of benzene rings is 1. The summed E-state index contributed by atoms with van der Waals surface area (Å²) < 4.78 is 0. The summed E-state index contributed by atoms with van der Waals surface area (Å²) in [4.78, 5) is 14.9. The summed E-state index contributed by atoms with van der Waals surface area (Å²) >= 11 is 0. The quantitative estimate of drug-likeness (QED) is 0.664. The zero-order chi connectivity index (χ0) is 15.6. The second-order valence-corrected chi connectivity index (χ2v) is 4.96. The van der Waals surface area contributed by atoms with Gasteiger partial charge in [-0.25, -0.2) is 4.98 Å². The topological polar surface area (TPSA) is 88.3 Å². The molecule has 0 saturated heterocycles. The second kappa shape index (κ2) is 5.88. The highest BCUT2D eigenvalue weighted by Gasteiger charge is 2.19. The molecule has 0 saturated carbocycles. The molecule has 0 spiro atoms. The standard InChI is InChI=1S/C15H17N3O3/c1-9-8-10(2)16-15(14(9)18(20)21)17-13-6-4-12(5-7-13)11(3)19/h4-8,11,19H,1-3H3,(H,16,17). The summed E-state index contributed by atoms with van der Waals surface area (Å²) in [5.41, 5.74) is 2.71. The van der Waals surface area contributed by atoms with E-state index in [1.54, 1.807) is 51.1 Å². The fourth-order valence-corrected chi connectivity index (χ4v) is 2.13. The van der Waals surface area contributed by atoms with Gasteiger partial charge in [-0.05, 0) is 44.5 Å². The van der Waals surface area contributed by atoms with Crippen molar-refractivity contribution in [3.8, 4) is 0 Å². The molecule has 110 valence electrons. The molecule has 0 amide bonds. The number of aromatic nitrogens is 1. The molecule has 1 unspecified atom stereocenters. The van der Waals surface area contributed by atoms with Crippen molar-refractivity contribution in [2.75, 3.05) is 5.32 Å². The van der Waals surface area contributed by atoms with Gasteiger partial charge in [-0.1, -0.05) is 12.1 Å². The lowest BCUT2D eigenvalue weighted by molar-refractivity contribution is -0.384. The monoisotopic (exact) mass is 287 g/mol. The Morgan fingerprint density at radius 1 is 1.29 bits per heavy atom. The summed E-state index contributed by atoms with van der Waals surface area (Å²) in [6.07, 6.45) is -0.548. The Bertz CT molecular complexity index is 667. The molecule has 6 nitrogen and oxygen atoms in total. The largest absolute Gasteiger partial charge is 0.389 e. The lowest BCUT2D eigenvalue weighted by atomic mass is 10.1. The van der Waals surface area contributed by atoms with Crippen LogP contribution in [-0.4, -0.2) is 15.0 Å². The van der Waals surface area contributed by atoms with Gasteiger partial charge in [0.25, 0.3) is 0 Å². The highest BCUT2D eigenvalue weighted by Crippen LogP contribution is 2.29. The fraction of sp³-hybridized carbons (Fsp3) is 0.267. The van der Waals surface area contributed by atoms with E-state index in [4.69, 9.17) is 0 Å². The molecule has 21 heavy (non-hydrogen) atoms. The Labute approximate surface area is 122 Å². The van der Waals surface area contributed by atoms with E-state index in [2.05, 4.69) is 10.3 Å². The highest BCUT2D eigenvalue weighted by molar-refractivity contribution is 5.68. The molecule has 2 rings (SSSR count). The zero-order valence-electron chi connectivity index (χ0n) is 12.1. The van der Waals surface area contributed by atoms with E-state index in [1.165, 1.54) is 0 Å². The summed E-state index contributed by atoms with van der Waals surface area (Å²) in [7, 11) is 0. The number of aliphatic hydroxyl groups is 1. The first-order valence-electron chi connectivity index (χ1n) is 6.56.